The van der Waals surface area contributed by atoms with Crippen molar-refractivity contribution < 1.29 is 37.4 Å². The van der Waals surface area contributed by atoms with Gasteiger partial charge in [-0.2, -0.15) is 19.4 Å². The third kappa shape index (κ3) is 11.5. The number of nitrogens with two attached hydrogens (primary N) is 1. The number of anilines is 1. The summed E-state index contributed by atoms with van der Waals surface area (Å²) in [5.41, 5.74) is 5.35. The van der Waals surface area contributed by atoms with Crippen LogP contribution in [0.2, 0.25) is 0 Å². The summed E-state index contributed by atoms with van der Waals surface area (Å²) in [4.78, 5) is 25.2. The van der Waals surface area contributed by atoms with Crippen LogP contribution >= 0.6 is 7.75 Å². The Kier molecular flexibility index (Phi) is 14.9. The predicted octanol–water partition coefficient (Wildman–Crippen LogP) is 6.26. The van der Waals surface area contributed by atoms with E-state index in [2.05, 4.69) is 33.9 Å². The molecular formula is C36H50FN6O7P. The van der Waals surface area contributed by atoms with Crippen molar-refractivity contribution in [2.75, 3.05) is 26.1 Å². The molecule has 0 aliphatic rings. The molecule has 2 heterocycles. The lowest BCUT2D eigenvalue weighted by molar-refractivity contribution is -0.147. The van der Waals surface area contributed by atoms with Gasteiger partial charge in [0.15, 0.2) is 11.5 Å². The molecule has 1 unspecified atom stereocenters. The number of nitrogen functional groups attached to an aromatic ring is 1. The van der Waals surface area contributed by atoms with Crippen molar-refractivity contribution in [3.63, 3.8) is 0 Å². The first-order valence-electron chi connectivity index (χ1n) is 17.3. The van der Waals surface area contributed by atoms with Gasteiger partial charge in [0.05, 0.1) is 26.1 Å². The first kappa shape index (κ1) is 39.8. The molecule has 0 saturated heterocycles. The van der Waals surface area contributed by atoms with Crippen LogP contribution in [0.1, 0.15) is 64.9 Å². The van der Waals surface area contributed by atoms with Crippen LogP contribution in [0.4, 0.5) is 10.2 Å². The van der Waals surface area contributed by atoms with E-state index in [9.17, 15) is 18.9 Å². The number of ether oxygens (including phenoxy) is 2. The Morgan fingerprint density at radius 3 is 2.33 bits per heavy atom. The number of esters is 1. The topological polar surface area (TPSA) is 173 Å². The molecule has 278 valence electrons. The van der Waals surface area contributed by atoms with Gasteiger partial charge in [0.2, 0.25) is 0 Å². The number of aromatic nitrogens is 4. The molecule has 2 aromatic carbocycles. The number of halogens is 1. The van der Waals surface area contributed by atoms with Crippen molar-refractivity contribution >= 4 is 30.7 Å². The minimum absolute atomic E-state index is 0.0760. The van der Waals surface area contributed by atoms with Crippen molar-refractivity contribution in [2.45, 2.75) is 90.0 Å². The minimum Gasteiger partial charge on any atom is -0.464 e. The Bertz CT molecular complexity index is 1710. The molecule has 0 aliphatic heterocycles. The molecule has 4 aromatic rings. The Morgan fingerprint density at radius 2 is 1.71 bits per heavy atom. The number of hydrogen-bond acceptors (Lipinski definition) is 11. The highest BCUT2D eigenvalue weighted by Gasteiger charge is 2.41. The zero-order valence-electron chi connectivity index (χ0n) is 29.7. The molecule has 0 radical (unpaired) electrons. The number of para-hydroxylation sites is 1. The molecule has 4 atom stereocenters. The van der Waals surface area contributed by atoms with E-state index in [1.54, 1.807) is 37.3 Å². The Hall–Kier alpha value is -3.94. The highest BCUT2D eigenvalue weighted by molar-refractivity contribution is 7.52. The van der Waals surface area contributed by atoms with Gasteiger partial charge in [-0.3, -0.25) is 9.32 Å². The fraction of sp³-hybridized carbons (Fsp3) is 0.500. The Balaban J connectivity index is 1.58. The zero-order valence-corrected chi connectivity index (χ0v) is 30.6. The normalized spacial score (nSPS) is 15.3. The molecule has 15 heteroatoms. The summed E-state index contributed by atoms with van der Waals surface area (Å²) in [6, 6.07) is 16.6. The van der Waals surface area contributed by atoms with E-state index in [0.29, 0.717) is 0 Å². The second kappa shape index (κ2) is 19.1. The van der Waals surface area contributed by atoms with Crippen molar-refractivity contribution in [2.24, 2.45) is 5.92 Å². The van der Waals surface area contributed by atoms with Gasteiger partial charge in [-0.05, 0) is 49.8 Å². The molecule has 0 saturated carbocycles. The van der Waals surface area contributed by atoms with Crippen LogP contribution in [0.25, 0.3) is 11.2 Å². The highest BCUT2D eigenvalue weighted by Crippen LogP contribution is 2.46. The fourth-order valence-electron chi connectivity index (χ4n) is 5.49. The predicted molar refractivity (Wildman–Crippen MR) is 192 cm³/mol. The van der Waals surface area contributed by atoms with Crippen LogP contribution in [0.5, 0.6) is 5.75 Å². The molecule has 0 fully saturated rings. The van der Waals surface area contributed by atoms with Crippen molar-refractivity contribution in [3.05, 3.63) is 78.6 Å². The summed E-state index contributed by atoms with van der Waals surface area (Å²) in [5.74, 6) is -0.295. The van der Waals surface area contributed by atoms with Gasteiger partial charge in [-0.15, -0.1) is 0 Å². The minimum atomic E-state index is -4.39. The molecular weight excluding hydrogens is 678 g/mol. The number of benzene rings is 2. The largest absolute Gasteiger partial charge is 0.464 e. The van der Waals surface area contributed by atoms with Crippen molar-refractivity contribution in [1.82, 2.24) is 24.6 Å². The lowest BCUT2D eigenvalue weighted by Crippen LogP contribution is -2.48. The maximum Gasteiger partial charge on any atom is 0.459 e. The summed E-state index contributed by atoms with van der Waals surface area (Å²) >= 11 is 0. The molecule has 51 heavy (non-hydrogen) atoms. The molecule has 4 N–H and O–H groups in total. The molecule has 0 bridgehead atoms. The molecule has 13 nitrogen and oxygen atoms in total. The second-order valence-electron chi connectivity index (χ2n) is 12.8. The van der Waals surface area contributed by atoms with Crippen LogP contribution in [-0.2, 0) is 36.3 Å². The monoisotopic (exact) mass is 728 g/mol. The third-order valence-electron chi connectivity index (χ3n) is 8.77. The summed E-state index contributed by atoms with van der Waals surface area (Å²) in [7, 11) is -3.03. The van der Waals surface area contributed by atoms with Gasteiger partial charge in [-0.25, -0.2) is 9.55 Å². The van der Waals surface area contributed by atoms with Gasteiger partial charge in [0.1, 0.15) is 29.0 Å². The van der Waals surface area contributed by atoms with E-state index in [1.807, 2.05) is 30.3 Å². The number of aliphatic hydroxyl groups is 1. The van der Waals surface area contributed by atoms with Gasteiger partial charge in [0.25, 0.3) is 0 Å². The summed E-state index contributed by atoms with van der Waals surface area (Å²) in [6.45, 7) is 5.43. The molecule has 0 aliphatic carbocycles. The van der Waals surface area contributed by atoms with Gasteiger partial charge < -0.3 is 29.4 Å². The first-order valence-corrected chi connectivity index (χ1v) is 18.9. The number of unbranched alkanes of at least 4 members (excludes halogenated alkanes) is 2. The maximum atomic E-state index is 14.7. The number of imidazole rings is 1. The van der Waals surface area contributed by atoms with E-state index in [4.69, 9.17) is 24.3 Å². The van der Waals surface area contributed by atoms with Gasteiger partial charge in [-0.1, -0.05) is 88.1 Å². The molecule has 2 aromatic heterocycles. The van der Waals surface area contributed by atoms with Crippen LogP contribution in [0.3, 0.4) is 0 Å². The molecule has 0 spiro atoms. The van der Waals surface area contributed by atoms with Gasteiger partial charge in [0, 0.05) is 7.11 Å². The molecule has 0 amide bonds. The number of nitrogens with zero attached hydrogens (tertiary/aromatic N) is 4. The number of methoxy groups -OCH3 is 1. The van der Waals surface area contributed by atoms with Crippen molar-refractivity contribution in [1.29, 1.82) is 0 Å². The maximum absolute atomic E-state index is 14.7. The lowest BCUT2D eigenvalue weighted by Gasteiger charge is -2.34. The number of aliphatic hydroxyl groups excluding tert-OH is 1. The summed E-state index contributed by atoms with van der Waals surface area (Å²) in [5, 5.41) is 14.3. The number of fused-ring (bicyclic) bond motifs is 1. The van der Waals surface area contributed by atoms with Crippen LogP contribution in [0.15, 0.2) is 67.0 Å². The SMILES string of the molecule is CCCCC(CCCC)COC(=O)[C@H](Cc1ccccc1)NP(=O)(OC[C@@](C)(OC)[C@@H](O)Cn1cnc2c(N)nc(F)nc21)Oc1ccccc1. The Labute approximate surface area is 298 Å². The Morgan fingerprint density at radius 1 is 1.06 bits per heavy atom. The standard InChI is InChI=1S/C36H50FN6O7P/c1-5-7-15-27(16-8-6-2)23-48-34(45)29(21-26-17-11-9-12-18-26)42-51(46,50-28-19-13-10-14-20-28)49-24-36(3,47-4)30(44)22-43-25-39-31-32(38)40-35(37)41-33(31)43/h9-14,17-20,25,27,29-30,44H,5-8,15-16,21-24H2,1-4H3,(H,42,46)(H2,38,40,41)/t29-,30-,36+,51?/m0/s1. The van der Waals surface area contributed by atoms with E-state index in [0.717, 1.165) is 44.1 Å². The number of carbonyl (C=O) groups is 1. The average molecular weight is 729 g/mol. The number of carbonyl (C=O) groups excluding carboxylic acids is 1. The average Bonchev–Trinajstić information content (AvgIpc) is 3.53. The van der Waals surface area contributed by atoms with E-state index in [-0.39, 0.29) is 48.2 Å². The first-order chi connectivity index (χ1) is 24.5. The van der Waals surface area contributed by atoms with E-state index < -0.39 is 44.1 Å². The van der Waals surface area contributed by atoms with E-state index >= 15 is 0 Å². The number of nitrogens with one attached hydrogen (secondary N) is 1. The number of rotatable bonds is 22. The summed E-state index contributed by atoms with van der Waals surface area (Å²) < 4.78 is 53.6. The van der Waals surface area contributed by atoms with Crippen LogP contribution < -0.4 is 15.3 Å². The van der Waals surface area contributed by atoms with Crippen molar-refractivity contribution in [3.8, 4) is 5.75 Å². The lowest BCUT2D eigenvalue weighted by atomic mass is 9.97. The fourth-order valence-corrected chi connectivity index (χ4v) is 7.07. The quantitative estimate of drug-likeness (QED) is 0.0472. The third-order valence-corrected chi connectivity index (χ3v) is 10.3. The van der Waals surface area contributed by atoms with E-state index in [1.165, 1.54) is 18.0 Å². The highest BCUT2D eigenvalue weighted by atomic mass is 31.2. The van der Waals surface area contributed by atoms with Crippen LogP contribution in [-0.4, -0.2) is 68.7 Å². The summed E-state index contributed by atoms with van der Waals surface area (Å²) in [6.07, 6.45) is 5.16. The number of hydrogen-bond donors (Lipinski definition) is 3. The van der Waals surface area contributed by atoms with Gasteiger partial charge >= 0.3 is 19.8 Å². The second-order valence-corrected chi connectivity index (χ2v) is 14.5. The smallest absolute Gasteiger partial charge is 0.459 e. The van der Waals surface area contributed by atoms with Crippen LogP contribution in [0, 0.1) is 12.0 Å². The zero-order chi connectivity index (χ0) is 36.9. The molecule has 4 rings (SSSR count).